The summed E-state index contributed by atoms with van der Waals surface area (Å²) in [5, 5.41) is 22.6. The number of non-ortho nitro benzene ring substituents is 2. The number of hydrogen-bond acceptors (Lipinski definition) is 6. The van der Waals surface area contributed by atoms with Crippen LogP contribution in [-0.4, -0.2) is 39.5 Å². The van der Waals surface area contributed by atoms with E-state index in [2.05, 4.69) is 0 Å². The van der Waals surface area contributed by atoms with Crippen LogP contribution in [0.2, 0.25) is 0 Å². The second-order valence-corrected chi connectivity index (χ2v) is 7.49. The van der Waals surface area contributed by atoms with Crippen molar-refractivity contribution in [2.24, 2.45) is 0 Å². The average molecular weight is 425 g/mol. The number of hydrogen-bond donors (Lipinski definition) is 0. The molecule has 3 rings (SSSR count). The number of carbonyl (C=O) groups excluding carboxylic acids is 2. The molecule has 1 amide bonds. The molecule has 0 radical (unpaired) electrons. The maximum Gasteiger partial charge on any atom is 0.271 e. The Hall–Kier alpha value is -3.62. The summed E-state index contributed by atoms with van der Waals surface area (Å²) in [6.07, 6.45) is 3.34. The predicted molar refractivity (Wildman–Crippen MR) is 114 cm³/mol. The molecule has 9 nitrogen and oxygen atoms in total. The molecule has 162 valence electrons. The molecule has 0 bridgehead atoms. The Bertz CT molecular complexity index is 1070. The molecule has 0 spiro atoms. The van der Waals surface area contributed by atoms with Crippen molar-refractivity contribution in [1.29, 1.82) is 0 Å². The van der Waals surface area contributed by atoms with Gasteiger partial charge in [0, 0.05) is 54.0 Å². The van der Waals surface area contributed by atoms with Crippen molar-refractivity contribution < 1.29 is 19.4 Å². The van der Waals surface area contributed by atoms with Gasteiger partial charge in [-0.15, -0.1) is 0 Å². The fourth-order valence-electron chi connectivity index (χ4n) is 3.75. The second kappa shape index (κ2) is 9.03. The van der Waals surface area contributed by atoms with Crippen LogP contribution in [0.15, 0.2) is 30.3 Å². The van der Waals surface area contributed by atoms with Crippen molar-refractivity contribution in [3.05, 3.63) is 67.3 Å². The Morgan fingerprint density at radius 3 is 2.00 bits per heavy atom. The molecule has 0 aliphatic heterocycles. The lowest BCUT2D eigenvalue weighted by Gasteiger charge is -2.23. The van der Waals surface area contributed by atoms with Gasteiger partial charge in [-0.2, -0.15) is 0 Å². The van der Waals surface area contributed by atoms with E-state index in [9.17, 15) is 29.8 Å². The number of unbranched alkanes of at least 4 members (excludes halogenated alkanes) is 2. The van der Waals surface area contributed by atoms with Gasteiger partial charge in [0.05, 0.1) is 15.4 Å². The van der Waals surface area contributed by atoms with Gasteiger partial charge in [-0.3, -0.25) is 29.8 Å². The van der Waals surface area contributed by atoms with Gasteiger partial charge in [-0.1, -0.05) is 26.7 Å². The van der Waals surface area contributed by atoms with Crippen LogP contribution in [0.4, 0.5) is 11.4 Å². The fraction of sp³-hybridized carbons (Fsp3) is 0.364. The summed E-state index contributed by atoms with van der Waals surface area (Å²) in [5.41, 5.74) is 0.264. The average Bonchev–Trinajstić information content (AvgIpc) is 3.04. The number of ketones is 1. The van der Waals surface area contributed by atoms with Gasteiger partial charge >= 0.3 is 0 Å². The third kappa shape index (κ3) is 4.16. The molecule has 0 aromatic heterocycles. The van der Waals surface area contributed by atoms with E-state index in [-0.39, 0.29) is 34.0 Å². The zero-order chi connectivity index (χ0) is 22.7. The van der Waals surface area contributed by atoms with E-state index in [1.807, 2.05) is 13.8 Å². The molecular formula is C22H23N3O6. The highest BCUT2D eigenvalue weighted by Crippen LogP contribution is 2.42. The van der Waals surface area contributed by atoms with Gasteiger partial charge in [0.2, 0.25) is 0 Å². The fourth-order valence-corrected chi connectivity index (χ4v) is 3.75. The van der Waals surface area contributed by atoms with Gasteiger partial charge in [-0.25, -0.2) is 0 Å². The minimum Gasteiger partial charge on any atom is -0.339 e. The Balaban J connectivity index is 2.18. The second-order valence-electron chi connectivity index (χ2n) is 7.49. The smallest absolute Gasteiger partial charge is 0.271 e. The van der Waals surface area contributed by atoms with Crippen LogP contribution in [0.3, 0.4) is 0 Å². The summed E-state index contributed by atoms with van der Waals surface area (Å²) in [7, 11) is 0. The zero-order valence-corrected chi connectivity index (χ0v) is 17.4. The molecule has 0 atom stereocenters. The minimum absolute atomic E-state index is 0.0268. The maximum atomic E-state index is 13.5. The molecule has 0 unspecified atom stereocenters. The highest BCUT2D eigenvalue weighted by Gasteiger charge is 2.35. The highest BCUT2D eigenvalue weighted by atomic mass is 16.6. The van der Waals surface area contributed by atoms with Crippen molar-refractivity contribution in [3.63, 3.8) is 0 Å². The molecule has 0 heterocycles. The van der Waals surface area contributed by atoms with Crippen LogP contribution in [0, 0.1) is 20.2 Å². The summed E-state index contributed by atoms with van der Waals surface area (Å²) >= 11 is 0. The quantitative estimate of drug-likeness (QED) is 0.360. The lowest BCUT2D eigenvalue weighted by Crippen LogP contribution is -2.33. The predicted octanol–water partition coefficient (Wildman–Crippen LogP) is 4.76. The number of nitrogens with zero attached hydrogens (tertiary/aromatic N) is 3. The summed E-state index contributed by atoms with van der Waals surface area (Å²) in [6.45, 7) is 5.03. The molecule has 0 saturated carbocycles. The van der Waals surface area contributed by atoms with Crippen molar-refractivity contribution in [2.75, 3.05) is 13.1 Å². The number of fused-ring (bicyclic) bond motifs is 3. The van der Waals surface area contributed by atoms with Crippen LogP contribution in [0.5, 0.6) is 0 Å². The van der Waals surface area contributed by atoms with Gasteiger partial charge in [-0.05, 0) is 24.5 Å². The Morgan fingerprint density at radius 2 is 1.45 bits per heavy atom. The maximum absolute atomic E-state index is 13.5. The topological polar surface area (TPSA) is 124 Å². The summed E-state index contributed by atoms with van der Waals surface area (Å²) < 4.78 is 0. The molecule has 0 N–H and O–H groups in total. The first-order chi connectivity index (χ1) is 14.8. The molecule has 31 heavy (non-hydrogen) atoms. The lowest BCUT2D eigenvalue weighted by molar-refractivity contribution is -0.385. The number of nitro benzene ring substituents is 2. The standard InChI is InChI=1S/C22H23N3O6/c1-3-5-9-23(10-6-4-2)22(27)19-13-15(25(30)31)12-18-20(19)16-8-7-14(24(28)29)11-17(16)21(18)26/h7-8,11-13H,3-6,9-10H2,1-2H3. The van der Waals surface area contributed by atoms with Crippen LogP contribution in [0.25, 0.3) is 11.1 Å². The zero-order valence-electron chi connectivity index (χ0n) is 17.4. The van der Waals surface area contributed by atoms with Crippen molar-refractivity contribution in [3.8, 4) is 11.1 Å². The van der Waals surface area contributed by atoms with Crippen molar-refractivity contribution in [1.82, 2.24) is 4.90 Å². The number of carbonyl (C=O) groups is 2. The summed E-state index contributed by atoms with van der Waals surface area (Å²) in [5.74, 6) is -0.930. The van der Waals surface area contributed by atoms with Gasteiger partial charge in [0.25, 0.3) is 17.3 Å². The highest BCUT2D eigenvalue weighted by molar-refractivity contribution is 6.25. The van der Waals surface area contributed by atoms with Crippen LogP contribution in [0.1, 0.15) is 65.8 Å². The normalized spacial score (nSPS) is 11.7. The van der Waals surface area contributed by atoms with E-state index in [4.69, 9.17) is 0 Å². The van der Waals surface area contributed by atoms with E-state index in [0.717, 1.165) is 37.8 Å². The van der Waals surface area contributed by atoms with E-state index >= 15 is 0 Å². The van der Waals surface area contributed by atoms with Gasteiger partial charge in [0.1, 0.15) is 0 Å². The SMILES string of the molecule is CCCCN(CCCC)C(=O)c1cc([N+](=O)[O-])cc2c1-c1ccc([N+](=O)[O-])cc1C2=O. The largest absolute Gasteiger partial charge is 0.339 e. The van der Waals surface area contributed by atoms with Crippen LogP contribution in [-0.2, 0) is 0 Å². The monoisotopic (exact) mass is 425 g/mol. The van der Waals surface area contributed by atoms with E-state index in [0.29, 0.717) is 24.2 Å². The number of amides is 1. The first-order valence-corrected chi connectivity index (χ1v) is 10.2. The Kier molecular flexibility index (Phi) is 6.43. The summed E-state index contributed by atoms with van der Waals surface area (Å²) in [6, 6.07) is 6.20. The molecule has 9 heteroatoms. The van der Waals surface area contributed by atoms with Gasteiger partial charge in [0.15, 0.2) is 5.78 Å². The molecule has 1 aliphatic carbocycles. The third-order valence-electron chi connectivity index (χ3n) is 5.39. The molecule has 2 aromatic rings. The Labute approximate surface area is 179 Å². The molecular weight excluding hydrogens is 402 g/mol. The first kappa shape index (κ1) is 22.1. The number of benzene rings is 2. The molecule has 0 saturated heterocycles. The van der Waals surface area contributed by atoms with Gasteiger partial charge < -0.3 is 4.90 Å². The van der Waals surface area contributed by atoms with E-state index in [1.165, 1.54) is 18.2 Å². The first-order valence-electron chi connectivity index (χ1n) is 10.2. The molecule has 1 aliphatic rings. The van der Waals surface area contributed by atoms with Crippen LogP contribution < -0.4 is 0 Å². The van der Waals surface area contributed by atoms with Crippen molar-refractivity contribution in [2.45, 2.75) is 39.5 Å². The molecule has 0 fully saturated rings. The number of nitro groups is 2. The van der Waals surface area contributed by atoms with E-state index < -0.39 is 15.6 Å². The van der Waals surface area contributed by atoms with Crippen LogP contribution >= 0.6 is 0 Å². The Morgan fingerprint density at radius 1 is 0.871 bits per heavy atom. The third-order valence-corrected chi connectivity index (χ3v) is 5.39. The number of rotatable bonds is 9. The van der Waals surface area contributed by atoms with E-state index in [1.54, 1.807) is 4.90 Å². The molecule has 2 aromatic carbocycles. The summed E-state index contributed by atoms with van der Waals surface area (Å²) in [4.78, 5) is 49.5. The minimum atomic E-state index is -0.641. The lowest BCUT2D eigenvalue weighted by atomic mass is 9.97. The van der Waals surface area contributed by atoms with Crippen molar-refractivity contribution >= 4 is 23.1 Å².